The smallest absolute Gasteiger partial charge is 0.419 e. The van der Waals surface area contributed by atoms with Crippen molar-refractivity contribution in [1.29, 1.82) is 0 Å². The minimum Gasteiger partial charge on any atom is -0.496 e. The third kappa shape index (κ3) is 3.73. The van der Waals surface area contributed by atoms with Crippen LogP contribution in [0.5, 0.6) is 5.75 Å². The first-order chi connectivity index (χ1) is 10.2. The molecule has 0 atom stereocenters. The monoisotopic (exact) mass is 429 g/mol. The molecule has 2 aromatic rings. The predicted molar refractivity (Wildman–Crippen MR) is 93.5 cm³/mol. The Morgan fingerprint density at radius 1 is 1.23 bits per heavy atom. The molecule has 4 nitrogen and oxygen atoms in total. The van der Waals surface area contributed by atoms with Crippen molar-refractivity contribution in [2.75, 3.05) is 7.11 Å². The molecule has 22 heavy (non-hydrogen) atoms. The van der Waals surface area contributed by atoms with E-state index in [0.29, 0.717) is 11.4 Å². The summed E-state index contributed by atoms with van der Waals surface area (Å²) in [6.45, 7) is 5.51. The SMILES string of the molecule is COc1cccc(Br)c1-c1cc(Br)cn1C(=O)OC(C)(C)C. The third-order valence-electron chi connectivity index (χ3n) is 2.83. The molecule has 0 aliphatic heterocycles. The molecule has 6 heteroatoms. The first kappa shape index (κ1) is 17.1. The number of hydrogen-bond acceptors (Lipinski definition) is 3. The molecule has 0 spiro atoms. The standard InChI is InChI=1S/C16H17Br2NO3/c1-16(2,3)22-15(20)19-9-10(17)8-12(19)14-11(18)6-5-7-13(14)21-4/h5-9H,1-4H3. The number of rotatable bonds is 2. The van der Waals surface area contributed by atoms with Gasteiger partial charge in [-0.1, -0.05) is 6.07 Å². The van der Waals surface area contributed by atoms with E-state index in [9.17, 15) is 4.79 Å². The Kier molecular flexibility index (Phi) is 5.02. The fraction of sp³-hybridized carbons (Fsp3) is 0.312. The van der Waals surface area contributed by atoms with Gasteiger partial charge in [0.1, 0.15) is 11.4 Å². The van der Waals surface area contributed by atoms with Crippen LogP contribution < -0.4 is 4.74 Å². The molecule has 1 aromatic carbocycles. The minimum absolute atomic E-state index is 0.439. The van der Waals surface area contributed by atoms with Gasteiger partial charge in [-0.05, 0) is 70.8 Å². The average molecular weight is 431 g/mol. The Labute approximate surface area is 146 Å². The maximum Gasteiger partial charge on any atom is 0.419 e. The van der Waals surface area contributed by atoms with Crippen LogP contribution in [0.3, 0.4) is 0 Å². The molecule has 0 fully saturated rings. The van der Waals surface area contributed by atoms with Gasteiger partial charge in [-0.25, -0.2) is 4.79 Å². The van der Waals surface area contributed by atoms with Crippen LogP contribution in [0.4, 0.5) is 4.79 Å². The highest BCUT2D eigenvalue weighted by Crippen LogP contribution is 2.38. The summed E-state index contributed by atoms with van der Waals surface area (Å²) in [6.07, 6.45) is 1.24. The van der Waals surface area contributed by atoms with E-state index in [1.54, 1.807) is 13.3 Å². The molecule has 118 valence electrons. The van der Waals surface area contributed by atoms with Gasteiger partial charge in [0.2, 0.25) is 0 Å². The van der Waals surface area contributed by atoms with Gasteiger partial charge in [0.05, 0.1) is 18.4 Å². The first-order valence-electron chi connectivity index (χ1n) is 6.67. The van der Waals surface area contributed by atoms with Crippen LogP contribution in [0.15, 0.2) is 39.4 Å². The van der Waals surface area contributed by atoms with Crippen molar-refractivity contribution in [1.82, 2.24) is 4.57 Å². The number of carbonyl (C=O) groups excluding carboxylic acids is 1. The van der Waals surface area contributed by atoms with E-state index in [-0.39, 0.29) is 0 Å². The van der Waals surface area contributed by atoms with Crippen LogP contribution in [0.1, 0.15) is 20.8 Å². The zero-order chi connectivity index (χ0) is 16.5. The van der Waals surface area contributed by atoms with E-state index in [2.05, 4.69) is 31.9 Å². The summed E-state index contributed by atoms with van der Waals surface area (Å²) >= 11 is 6.93. The van der Waals surface area contributed by atoms with Crippen molar-refractivity contribution in [2.24, 2.45) is 0 Å². The topological polar surface area (TPSA) is 40.5 Å². The van der Waals surface area contributed by atoms with Gasteiger partial charge < -0.3 is 9.47 Å². The summed E-state index contributed by atoms with van der Waals surface area (Å²) in [5.41, 5.74) is 0.912. The lowest BCUT2D eigenvalue weighted by Crippen LogP contribution is -2.27. The minimum atomic E-state index is -0.566. The predicted octanol–water partition coefficient (Wildman–Crippen LogP) is 5.47. The van der Waals surface area contributed by atoms with Crippen molar-refractivity contribution < 1.29 is 14.3 Å². The molecule has 0 saturated carbocycles. The Bertz CT molecular complexity index is 702. The molecule has 0 saturated heterocycles. The number of aromatic nitrogens is 1. The fourth-order valence-corrected chi connectivity index (χ4v) is 2.98. The van der Waals surface area contributed by atoms with Crippen LogP contribution in [0.25, 0.3) is 11.3 Å². The van der Waals surface area contributed by atoms with Crippen LogP contribution in [-0.2, 0) is 4.74 Å². The Hall–Kier alpha value is -1.27. The van der Waals surface area contributed by atoms with Gasteiger partial charge in [-0.2, -0.15) is 0 Å². The maximum absolute atomic E-state index is 12.4. The van der Waals surface area contributed by atoms with Gasteiger partial charge in [0.15, 0.2) is 0 Å². The number of halogens is 2. The fourth-order valence-electron chi connectivity index (χ4n) is 2.01. The second-order valence-corrected chi connectivity index (χ2v) is 7.48. The number of benzene rings is 1. The summed E-state index contributed by atoms with van der Waals surface area (Å²) in [6, 6.07) is 7.48. The molecule has 2 rings (SSSR count). The van der Waals surface area contributed by atoms with Gasteiger partial charge >= 0.3 is 6.09 Å². The van der Waals surface area contributed by atoms with E-state index in [1.165, 1.54) is 4.57 Å². The largest absolute Gasteiger partial charge is 0.496 e. The molecule has 0 bridgehead atoms. The molecule has 0 amide bonds. The van der Waals surface area contributed by atoms with E-state index < -0.39 is 11.7 Å². The quantitative estimate of drug-likeness (QED) is 0.633. The first-order valence-corrected chi connectivity index (χ1v) is 8.25. The maximum atomic E-state index is 12.4. The van der Waals surface area contributed by atoms with E-state index in [4.69, 9.17) is 9.47 Å². The van der Waals surface area contributed by atoms with Crippen molar-refractivity contribution >= 4 is 38.0 Å². The Morgan fingerprint density at radius 3 is 2.50 bits per heavy atom. The molecule has 1 heterocycles. The molecular formula is C16H17Br2NO3. The van der Waals surface area contributed by atoms with Gasteiger partial charge in [-0.3, -0.25) is 4.57 Å². The Morgan fingerprint density at radius 2 is 1.91 bits per heavy atom. The Balaban J connectivity index is 2.57. The van der Waals surface area contributed by atoms with Crippen molar-refractivity contribution in [3.05, 3.63) is 39.4 Å². The van der Waals surface area contributed by atoms with Gasteiger partial charge in [-0.15, -0.1) is 0 Å². The highest BCUT2D eigenvalue weighted by molar-refractivity contribution is 9.10. The lowest BCUT2D eigenvalue weighted by molar-refractivity contribution is 0.0540. The van der Waals surface area contributed by atoms with E-state index in [1.807, 2.05) is 45.0 Å². The molecule has 0 radical (unpaired) electrons. The molecule has 0 aliphatic rings. The van der Waals surface area contributed by atoms with Crippen molar-refractivity contribution in [3.63, 3.8) is 0 Å². The van der Waals surface area contributed by atoms with Crippen LogP contribution in [-0.4, -0.2) is 23.4 Å². The third-order valence-corrected chi connectivity index (χ3v) is 3.92. The summed E-state index contributed by atoms with van der Waals surface area (Å²) in [7, 11) is 1.60. The highest BCUT2D eigenvalue weighted by Gasteiger charge is 2.23. The van der Waals surface area contributed by atoms with Crippen LogP contribution in [0.2, 0.25) is 0 Å². The summed E-state index contributed by atoms with van der Waals surface area (Å²) in [5, 5.41) is 0. The summed E-state index contributed by atoms with van der Waals surface area (Å²) < 4.78 is 14.0. The van der Waals surface area contributed by atoms with Crippen molar-refractivity contribution in [3.8, 4) is 17.0 Å². The van der Waals surface area contributed by atoms with Gasteiger partial charge in [0.25, 0.3) is 0 Å². The van der Waals surface area contributed by atoms with Crippen LogP contribution in [0, 0.1) is 0 Å². The lowest BCUT2D eigenvalue weighted by atomic mass is 10.1. The zero-order valence-corrected chi connectivity index (χ0v) is 16.0. The molecule has 0 unspecified atom stereocenters. The van der Waals surface area contributed by atoms with Gasteiger partial charge in [0, 0.05) is 15.1 Å². The second kappa shape index (κ2) is 6.46. The summed E-state index contributed by atoms with van der Waals surface area (Å²) in [5.74, 6) is 0.671. The number of hydrogen-bond donors (Lipinski definition) is 0. The number of ether oxygens (including phenoxy) is 2. The lowest BCUT2D eigenvalue weighted by Gasteiger charge is -2.21. The second-order valence-electron chi connectivity index (χ2n) is 5.71. The van der Waals surface area contributed by atoms with Crippen LogP contribution >= 0.6 is 31.9 Å². The number of methoxy groups -OCH3 is 1. The number of nitrogens with zero attached hydrogens (tertiary/aromatic N) is 1. The zero-order valence-electron chi connectivity index (χ0n) is 12.8. The molecular weight excluding hydrogens is 414 g/mol. The number of carbonyl (C=O) groups is 1. The molecule has 1 aromatic heterocycles. The highest BCUT2D eigenvalue weighted by atomic mass is 79.9. The van der Waals surface area contributed by atoms with E-state index in [0.717, 1.165) is 14.5 Å². The van der Waals surface area contributed by atoms with E-state index >= 15 is 0 Å². The summed E-state index contributed by atoms with van der Waals surface area (Å²) in [4.78, 5) is 12.4. The molecule has 0 aliphatic carbocycles. The average Bonchev–Trinajstić information content (AvgIpc) is 2.78. The van der Waals surface area contributed by atoms with Crippen molar-refractivity contribution in [2.45, 2.75) is 26.4 Å². The molecule has 0 N–H and O–H groups in total. The normalized spacial score (nSPS) is 11.4.